The highest BCUT2D eigenvalue weighted by Gasteiger charge is 2.13. The molecule has 0 unspecified atom stereocenters. The minimum atomic E-state index is 0.352. The van der Waals surface area contributed by atoms with Crippen molar-refractivity contribution in [2.75, 3.05) is 17.7 Å². The Morgan fingerprint density at radius 2 is 1.56 bits per heavy atom. The van der Waals surface area contributed by atoms with E-state index in [1.54, 1.807) is 11.7 Å². The van der Waals surface area contributed by atoms with Crippen LogP contribution in [0.2, 0.25) is 0 Å². The van der Waals surface area contributed by atoms with Crippen LogP contribution in [0.3, 0.4) is 0 Å². The minimum absolute atomic E-state index is 0.352. The maximum absolute atomic E-state index is 5.65. The number of nitrogens with one attached hydrogen (secondary N) is 2. The highest BCUT2D eigenvalue weighted by molar-refractivity contribution is 7.80. The average molecular weight is 460 g/mol. The molecule has 0 aliphatic carbocycles. The number of hydrogen-bond donors (Lipinski definition) is 2. The van der Waals surface area contributed by atoms with Gasteiger partial charge in [-0.05, 0) is 67.3 Å². The summed E-state index contributed by atoms with van der Waals surface area (Å²) in [4.78, 5) is 9.30. The molecular weight excluding hydrogens is 438 g/mol. The fraction of sp³-hybridized carbons (Fsp3) is 0.0833. The van der Waals surface area contributed by atoms with Gasteiger partial charge in [0.25, 0.3) is 0 Å². The van der Waals surface area contributed by atoms with E-state index >= 15 is 0 Å². The van der Waals surface area contributed by atoms with E-state index in [0.717, 1.165) is 28.3 Å². The predicted octanol–water partition coefficient (Wildman–Crippen LogP) is 5.79. The standard InChI is InChI=1S/C24H21N5OS2/c1-16-8-6-7-11-20(16)25-23(31)28-22-26-21(17-9-4-3-5-10-17)27-24(32)29(22)18-12-14-19(30-2)15-13-18/h3-15H,1-2H3,(H2,25,26,27,28,31,32). The fourth-order valence-electron chi connectivity index (χ4n) is 3.14. The van der Waals surface area contributed by atoms with Gasteiger partial charge in [0.2, 0.25) is 10.7 Å². The van der Waals surface area contributed by atoms with Crippen LogP contribution in [0.25, 0.3) is 17.1 Å². The predicted molar refractivity (Wildman–Crippen MR) is 135 cm³/mol. The Morgan fingerprint density at radius 1 is 0.875 bits per heavy atom. The lowest BCUT2D eigenvalue weighted by Crippen LogP contribution is -2.24. The van der Waals surface area contributed by atoms with E-state index in [2.05, 4.69) is 15.6 Å². The summed E-state index contributed by atoms with van der Waals surface area (Å²) in [5.74, 6) is 1.72. The van der Waals surface area contributed by atoms with Crippen LogP contribution in [0.15, 0.2) is 78.9 Å². The molecule has 0 spiro atoms. The van der Waals surface area contributed by atoms with E-state index in [9.17, 15) is 0 Å². The van der Waals surface area contributed by atoms with Gasteiger partial charge in [-0.1, -0.05) is 48.5 Å². The van der Waals surface area contributed by atoms with E-state index in [-0.39, 0.29) is 0 Å². The van der Waals surface area contributed by atoms with Crippen LogP contribution in [0.1, 0.15) is 5.56 Å². The van der Waals surface area contributed by atoms with E-state index in [0.29, 0.717) is 21.7 Å². The van der Waals surface area contributed by atoms with Crippen LogP contribution >= 0.6 is 24.4 Å². The molecule has 0 aliphatic heterocycles. The number of methoxy groups -OCH3 is 1. The zero-order chi connectivity index (χ0) is 22.5. The molecule has 0 saturated carbocycles. The molecule has 160 valence electrons. The number of hydrogen-bond acceptors (Lipinski definition) is 5. The van der Waals surface area contributed by atoms with Crippen molar-refractivity contribution in [1.82, 2.24) is 14.5 Å². The van der Waals surface area contributed by atoms with E-state index in [1.807, 2.05) is 85.8 Å². The second-order valence-electron chi connectivity index (χ2n) is 6.95. The van der Waals surface area contributed by atoms with Gasteiger partial charge in [-0.3, -0.25) is 4.57 Å². The Balaban J connectivity index is 1.76. The second kappa shape index (κ2) is 9.67. The molecule has 6 nitrogen and oxygen atoms in total. The van der Waals surface area contributed by atoms with Gasteiger partial charge < -0.3 is 15.4 Å². The van der Waals surface area contributed by atoms with Crippen LogP contribution in [0.5, 0.6) is 5.75 Å². The number of para-hydroxylation sites is 1. The molecule has 0 fully saturated rings. The van der Waals surface area contributed by atoms with E-state index in [1.165, 1.54) is 0 Å². The summed E-state index contributed by atoms with van der Waals surface area (Å²) in [7, 11) is 1.63. The summed E-state index contributed by atoms with van der Waals surface area (Å²) in [6.07, 6.45) is 0. The topological polar surface area (TPSA) is 64.0 Å². The first kappa shape index (κ1) is 21.6. The number of benzene rings is 3. The molecule has 3 aromatic carbocycles. The first-order chi connectivity index (χ1) is 15.5. The second-order valence-corrected chi connectivity index (χ2v) is 7.72. The molecule has 1 aromatic heterocycles. The summed E-state index contributed by atoms with van der Waals surface area (Å²) in [5, 5.41) is 6.82. The highest BCUT2D eigenvalue weighted by Crippen LogP contribution is 2.23. The van der Waals surface area contributed by atoms with Crippen LogP contribution in [-0.2, 0) is 0 Å². The first-order valence-corrected chi connectivity index (χ1v) is 10.7. The Morgan fingerprint density at radius 3 is 2.25 bits per heavy atom. The molecule has 4 aromatic rings. The number of anilines is 2. The highest BCUT2D eigenvalue weighted by atomic mass is 32.1. The van der Waals surface area contributed by atoms with Crippen molar-refractivity contribution in [3.63, 3.8) is 0 Å². The largest absolute Gasteiger partial charge is 0.497 e. The molecule has 1 heterocycles. The van der Waals surface area contributed by atoms with Crippen molar-refractivity contribution in [2.45, 2.75) is 6.92 Å². The SMILES string of the molecule is COc1ccc(-n2c(NC(=S)Nc3ccccc3C)nc(-c3ccccc3)nc2=S)cc1. The lowest BCUT2D eigenvalue weighted by atomic mass is 10.2. The molecule has 0 amide bonds. The fourth-order valence-corrected chi connectivity index (χ4v) is 3.62. The minimum Gasteiger partial charge on any atom is -0.497 e. The van der Waals surface area contributed by atoms with Crippen molar-refractivity contribution in [2.24, 2.45) is 0 Å². The van der Waals surface area contributed by atoms with Crippen LogP contribution in [-0.4, -0.2) is 26.8 Å². The third-order valence-electron chi connectivity index (χ3n) is 4.80. The van der Waals surface area contributed by atoms with Crippen molar-refractivity contribution in [3.8, 4) is 22.8 Å². The third kappa shape index (κ3) is 4.82. The summed E-state index contributed by atoms with van der Waals surface area (Å²) in [6, 6.07) is 25.1. The Bertz CT molecular complexity index is 1300. The molecule has 0 saturated heterocycles. The summed E-state index contributed by atoms with van der Waals surface area (Å²) in [5.41, 5.74) is 3.64. The zero-order valence-electron chi connectivity index (χ0n) is 17.6. The van der Waals surface area contributed by atoms with Gasteiger partial charge >= 0.3 is 0 Å². The normalized spacial score (nSPS) is 10.4. The Hall–Kier alpha value is -3.62. The van der Waals surface area contributed by atoms with Gasteiger partial charge in [0.05, 0.1) is 12.8 Å². The van der Waals surface area contributed by atoms with Crippen LogP contribution in [0, 0.1) is 11.7 Å². The number of rotatable bonds is 5. The van der Waals surface area contributed by atoms with Gasteiger partial charge in [0.15, 0.2) is 10.9 Å². The third-order valence-corrected chi connectivity index (χ3v) is 5.28. The number of nitrogens with zero attached hydrogens (tertiary/aromatic N) is 3. The smallest absolute Gasteiger partial charge is 0.218 e. The summed E-state index contributed by atoms with van der Waals surface area (Å²) in [6.45, 7) is 2.02. The van der Waals surface area contributed by atoms with Crippen molar-refractivity contribution in [1.29, 1.82) is 0 Å². The first-order valence-electron chi connectivity index (χ1n) is 9.90. The van der Waals surface area contributed by atoms with E-state index < -0.39 is 0 Å². The molecule has 4 rings (SSSR count). The Kier molecular flexibility index (Phi) is 6.53. The molecule has 0 radical (unpaired) electrons. The average Bonchev–Trinajstić information content (AvgIpc) is 2.81. The maximum atomic E-state index is 5.65. The molecule has 0 atom stereocenters. The van der Waals surface area contributed by atoms with Gasteiger partial charge in [0.1, 0.15) is 5.75 Å². The number of thiocarbonyl (C=S) groups is 1. The molecular formula is C24H21N5OS2. The number of aromatic nitrogens is 3. The molecule has 2 N–H and O–H groups in total. The van der Waals surface area contributed by atoms with Gasteiger partial charge in [0, 0.05) is 11.3 Å². The van der Waals surface area contributed by atoms with Crippen LogP contribution < -0.4 is 15.4 Å². The monoisotopic (exact) mass is 459 g/mol. The molecule has 32 heavy (non-hydrogen) atoms. The Labute approximate surface area is 196 Å². The molecule has 8 heteroatoms. The van der Waals surface area contributed by atoms with Crippen molar-refractivity contribution in [3.05, 3.63) is 89.2 Å². The molecule has 0 bridgehead atoms. The summed E-state index contributed by atoms with van der Waals surface area (Å²) >= 11 is 11.2. The van der Waals surface area contributed by atoms with Crippen molar-refractivity contribution >= 4 is 41.2 Å². The van der Waals surface area contributed by atoms with E-state index in [4.69, 9.17) is 34.2 Å². The molecule has 0 aliphatic rings. The zero-order valence-corrected chi connectivity index (χ0v) is 19.2. The van der Waals surface area contributed by atoms with Crippen molar-refractivity contribution < 1.29 is 4.74 Å². The number of aryl methyl sites for hydroxylation is 1. The lowest BCUT2D eigenvalue weighted by molar-refractivity contribution is 0.414. The van der Waals surface area contributed by atoms with Crippen LogP contribution in [0.4, 0.5) is 11.6 Å². The quantitative estimate of drug-likeness (QED) is 0.366. The maximum Gasteiger partial charge on any atom is 0.218 e. The lowest BCUT2D eigenvalue weighted by Gasteiger charge is -2.17. The summed E-state index contributed by atoms with van der Waals surface area (Å²) < 4.78 is 7.37. The van der Waals surface area contributed by atoms with Gasteiger partial charge in [-0.2, -0.15) is 9.97 Å². The number of ether oxygens (including phenoxy) is 1. The van der Waals surface area contributed by atoms with Gasteiger partial charge in [-0.25, -0.2) is 0 Å². The van der Waals surface area contributed by atoms with Gasteiger partial charge in [-0.15, -0.1) is 0 Å².